The van der Waals surface area contributed by atoms with Crippen molar-refractivity contribution in [3.05, 3.63) is 28.2 Å². The van der Waals surface area contributed by atoms with Crippen molar-refractivity contribution in [2.24, 2.45) is 5.73 Å². The maximum Gasteiger partial charge on any atom is 0.0410 e. The highest BCUT2D eigenvalue weighted by Gasteiger charge is 2.22. The lowest BCUT2D eigenvalue weighted by atomic mass is 10.0. The number of anilines is 1. The number of halogens is 1. The summed E-state index contributed by atoms with van der Waals surface area (Å²) >= 11 is 3.58. The van der Waals surface area contributed by atoms with Gasteiger partial charge in [-0.1, -0.05) is 22.0 Å². The second-order valence-corrected chi connectivity index (χ2v) is 6.41. The van der Waals surface area contributed by atoms with E-state index in [0.29, 0.717) is 6.54 Å². The summed E-state index contributed by atoms with van der Waals surface area (Å²) < 4.78 is 1.15. The quantitative estimate of drug-likeness (QED) is 0.923. The van der Waals surface area contributed by atoms with Crippen LogP contribution in [0.3, 0.4) is 0 Å². The van der Waals surface area contributed by atoms with Crippen LogP contribution in [0, 0.1) is 0 Å². The van der Waals surface area contributed by atoms with E-state index in [0.717, 1.165) is 30.0 Å². The molecule has 106 valence electrons. The molecule has 1 aliphatic heterocycles. The van der Waals surface area contributed by atoms with E-state index in [1.165, 1.54) is 24.1 Å². The smallest absolute Gasteiger partial charge is 0.0410 e. The molecule has 0 aromatic heterocycles. The summed E-state index contributed by atoms with van der Waals surface area (Å²) in [6, 6.07) is 7.27. The summed E-state index contributed by atoms with van der Waals surface area (Å²) in [7, 11) is 4.36. The Bertz CT molecular complexity index is 412. The molecule has 0 aliphatic carbocycles. The first-order chi connectivity index (χ1) is 9.11. The van der Waals surface area contributed by atoms with Crippen molar-refractivity contribution in [3.8, 4) is 0 Å². The number of benzene rings is 1. The largest absolute Gasteiger partial charge is 0.371 e. The predicted octanol–water partition coefficient (Wildman–Crippen LogP) is 2.48. The Balaban J connectivity index is 2.12. The normalized spacial score (nSPS) is 17.2. The van der Waals surface area contributed by atoms with Crippen LogP contribution in [-0.2, 0) is 6.42 Å². The molecule has 1 aromatic carbocycles. The zero-order chi connectivity index (χ0) is 13.8. The van der Waals surface area contributed by atoms with Gasteiger partial charge in [0.25, 0.3) is 0 Å². The molecule has 3 nitrogen and oxygen atoms in total. The number of piperidine rings is 1. The van der Waals surface area contributed by atoms with Gasteiger partial charge in [0.15, 0.2) is 0 Å². The average Bonchev–Trinajstić information content (AvgIpc) is 2.41. The van der Waals surface area contributed by atoms with Crippen LogP contribution in [0.1, 0.15) is 18.4 Å². The topological polar surface area (TPSA) is 32.5 Å². The molecular formula is C15H24BrN3. The van der Waals surface area contributed by atoms with Gasteiger partial charge in [-0.05, 0) is 57.6 Å². The molecule has 1 aliphatic rings. The van der Waals surface area contributed by atoms with Gasteiger partial charge in [-0.3, -0.25) is 0 Å². The van der Waals surface area contributed by atoms with E-state index in [1.807, 2.05) is 0 Å². The molecule has 0 atom stereocenters. The van der Waals surface area contributed by atoms with Crippen molar-refractivity contribution in [1.82, 2.24) is 4.90 Å². The van der Waals surface area contributed by atoms with Crippen LogP contribution < -0.4 is 10.6 Å². The third-order valence-electron chi connectivity index (χ3n) is 4.00. The molecule has 0 unspecified atom stereocenters. The molecule has 19 heavy (non-hydrogen) atoms. The molecule has 1 heterocycles. The van der Waals surface area contributed by atoms with Gasteiger partial charge in [0.2, 0.25) is 0 Å². The number of hydrogen-bond donors (Lipinski definition) is 1. The third kappa shape index (κ3) is 3.71. The standard InChI is InChI=1S/C15H24BrN3/c1-18(2)14-6-9-19(10-7-14)15-11-13(16)4-3-12(15)5-8-17/h3-4,11,14H,5-10,17H2,1-2H3. The van der Waals surface area contributed by atoms with Gasteiger partial charge < -0.3 is 15.5 Å². The Kier molecular flexibility index (Phi) is 5.25. The van der Waals surface area contributed by atoms with E-state index >= 15 is 0 Å². The second-order valence-electron chi connectivity index (χ2n) is 5.49. The predicted molar refractivity (Wildman–Crippen MR) is 85.8 cm³/mol. The fourth-order valence-corrected chi connectivity index (χ4v) is 3.17. The maximum absolute atomic E-state index is 5.72. The summed E-state index contributed by atoms with van der Waals surface area (Å²) in [6.45, 7) is 2.98. The molecule has 0 saturated carbocycles. The van der Waals surface area contributed by atoms with Crippen molar-refractivity contribution in [3.63, 3.8) is 0 Å². The molecule has 4 heteroatoms. The second kappa shape index (κ2) is 6.73. The highest BCUT2D eigenvalue weighted by molar-refractivity contribution is 9.10. The Labute approximate surface area is 124 Å². The minimum Gasteiger partial charge on any atom is -0.371 e. The van der Waals surface area contributed by atoms with Crippen molar-refractivity contribution in [2.75, 3.05) is 38.6 Å². The summed E-state index contributed by atoms with van der Waals surface area (Å²) in [5, 5.41) is 0. The summed E-state index contributed by atoms with van der Waals surface area (Å²) in [4.78, 5) is 4.86. The van der Waals surface area contributed by atoms with Crippen LogP contribution in [0.25, 0.3) is 0 Å². The Hall–Kier alpha value is -0.580. The van der Waals surface area contributed by atoms with Crippen LogP contribution in [0.2, 0.25) is 0 Å². The van der Waals surface area contributed by atoms with E-state index in [4.69, 9.17) is 5.73 Å². The first kappa shape index (κ1) is 14.8. The van der Waals surface area contributed by atoms with Crippen LogP contribution in [0.5, 0.6) is 0 Å². The van der Waals surface area contributed by atoms with Gasteiger partial charge in [-0.15, -0.1) is 0 Å². The fraction of sp³-hybridized carbons (Fsp3) is 0.600. The van der Waals surface area contributed by atoms with E-state index < -0.39 is 0 Å². The van der Waals surface area contributed by atoms with Crippen LogP contribution >= 0.6 is 15.9 Å². The van der Waals surface area contributed by atoms with Gasteiger partial charge in [-0.25, -0.2) is 0 Å². The Morgan fingerprint density at radius 1 is 1.32 bits per heavy atom. The molecule has 2 N–H and O–H groups in total. The highest BCUT2D eigenvalue weighted by Crippen LogP contribution is 2.28. The number of rotatable bonds is 4. The SMILES string of the molecule is CN(C)C1CCN(c2cc(Br)ccc2CCN)CC1. The van der Waals surface area contributed by atoms with E-state index in [2.05, 4.69) is 58.0 Å². The van der Waals surface area contributed by atoms with E-state index in [9.17, 15) is 0 Å². The van der Waals surface area contributed by atoms with Gasteiger partial charge in [0.05, 0.1) is 0 Å². The number of nitrogens with two attached hydrogens (primary N) is 1. The average molecular weight is 326 g/mol. The molecule has 0 radical (unpaired) electrons. The molecule has 1 saturated heterocycles. The van der Waals surface area contributed by atoms with E-state index in [1.54, 1.807) is 0 Å². The lowest BCUT2D eigenvalue weighted by Crippen LogP contribution is -2.42. The highest BCUT2D eigenvalue weighted by atomic mass is 79.9. The first-order valence-electron chi connectivity index (χ1n) is 7.01. The minimum atomic E-state index is 0.711. The van der Waals surface area contributed by atoms with Crippen molar-refractivity contribution in [1.29, 1.82) is 0 Å². The molecule has 2 rings (SSSR count). The number of hydrogen-bond acceptors (Lipinski definition) is 3. The fourth-order valence-electron chi connectivity index (χ4n) is 2.82. The molecule has 0 spiro atoms. The van der Waals surface area contributed by atoms with Crippen LogP contribution in [0.15, 0.2) is 22.7 Å². The summed E-state index contributed by atoms with van der Waals surface area (Å²) in [6.07, 6.45) is 3.43. The zero-order valence-corrected chi connectivity index (χ0v) is 13.5. The molecule has 0 amide bonds. The Morgan fingerprint density at radius 2 is 2.00 bits per heavy atom. The third-order valence-corrected chi connectivity index (χ3v) is 4.49. The zero-order valence-electron chi connectivity index (χ0n) is 11.9. The first-order valence-corrected chi connectivity index (χ1v) is 7.81. The van der Waals surface area contributed by atoms with Crippen molar-refractivity contribution >= 4 is 21.6 Å². The maximum atomic E-state index is 5.72. The summed E-state index contributed by atoms with van der Waals surface area (Å²) in [5.41, 5.74) is 8.45. The van der Waals surface area contributed by atoms with Crippen LogP contribution in [0.4, 0.5) is 5.69 Å². The Morgan fingerprint density at radius 3 is 2.58 bits per heavy atom. The minimum absolute atomic E-state index is 0.711. The van der Waals surface area contributed by atoms with Crippen molar-refractivity contribution in [2.45, 2.75) is 25.3 Å². The van der Waals surface area contributed by atoms with E-state index in [-0.39, 0.29) is 0 Å². The van der Waals surface area contributed by atoms with Gasteiger partial charge in [0, 0.05) is 29.3 Å². The lowest BCUT2D eigenvalue weighted by Gasteiger charge is -2.37. The van der Waals surface area contributed by atoms with Crippen LogP contribution in [-0.4, -0.2) is 44.7 Å². The lowest BCUT2D eigenvalue weighted by molar-refractivity contribution is 0.249. The van der Waals surface area contributed by atoms with Gasteiger partial charge >= 0.3 is 0 Å². The van der Waals surface area contributed by atoms with Gasteiger partial charge in [0.1, 0.15) is 0 Å². The molecule has 0 bridgehead atoms. The summed E-state index contributed by atoms with van der Waals surface area (Å²) in [5.74, 6) is 0. The molecule has 1 fully saturated rings. The molecule has 1 aromatic rings. The van der Waals surface area contributed by atoms with Crippen molar-refractivity contribution < 1.29 is 0 Å². The molecular weight excluding hydrogens is 302 g/mol. The monoisotopic (exact) mass is 325 g/mol. The van der Waals surface area contributed by atoms with Gasteiger partial charge in [-0.2, -0.15) is 0 Å². The number of nitrogens with zero attached hydrogens (tertiary/aromatic N) is 2.